The molecule has 1 heteroatoms. The number of rotatable bonds is 5. The molecule has 0 unspecified atom stereocenters. The first-order valence-electron chi connectivity index (χ1n) is 7.61. The SMILES string of the molecule is CC[Si](CC)(C1=C(C(C)C)C=CC1)c1ccccc1. The normalized spacial score (nSPS) is 15.6. The second-order valence-electron chi connectivity index (χ2n) is 5.85. The summed E-state index contributed by atoms with van der Waals surface area (Å²) in [6.07, 6.45) is 5.95. The topological polar surface area (TPSA) is 0 Å². The van der Waals surface area contributed by atoms with Gasteiger partial charge < -0.3 is 0 Å². The predicted molar refractivity (Wildman–Crippen MR) is 88.4 cm³/mol. The minimum absolute atomic E-state index is 0.655. The fourth-order valence-corrected chi connectivity index (χ4v) is 8.33. The third kappa shape index (κ3) is 2.49. The van der Waals surface area contributed by atoms with Crippen molar-refractivity contribution in [1.82, 2.24) is 0 Å². The molecule has 0 nitrogen and oxygen atoms in total. The summed E-state index contributed by atoms with van der Waals surface area (Å²) in [5, 5.41) is 3.41. The lowest BCUT2D eigenvalue weighted by molar-refractivity contribution is 0.788. The van der Waals surface area contributed by atoms with Gasteiger partial charge in [0.05, 0.1) is 0 Å². The molecule has 0 saturated heterocycles. The first kappa shape index (κ1) is 14.3. The first-order valence-corrected chi connectivity index (χ1v) is 10.0. The highest BCUT2D eigenvalue weighted by molar-refractivity contribution is 6.97. The van der Waals surface area contributed by atoms with Crippen molar-refractivity contribution in [2.75, 3.05) is 0 Å². The third-order valence-electron chi connectivity index (χ3n) is 4.70. The lowest BCUT2D eigenvalue weighted by Crippen LogP contribution is -2.49. The Balaban J connectivity index is 2.55. The molecule has 0 aliphatic heterocycles. The van der Waals surface area contributed by atoms with Crippen molar-refractivity contribution < 1.29 is 0 Å². The van der Waals surface area contributed by atoms with Crippen LogP contribution >= 0.6 is 0 Å². The van der Waals surface area contributed by atoms with Gasteiger partial charge in [0.2, 0.25) is 0 Å². The van der Waals surface area contributed by atoms with Gasteiger partial charge in [-0.15, -0.1) is 0 Å². The monoisotopic (exact) mass is 270 g/mol. The van der Waals surface area contributed by atoms with E-state index in [0.717, 1.165) is 0 Å². The van der Waals surface area contributed by atoms with Crippen LogP contribution in [0.5, 0.6) is 0 Å². The summed E-state index contributed by atoms with van der Waals surface area (Å²) in [5.41, 5.74) is 1.62. The van der Waals surface area contributed by atoms with Crippen molar-refractivity contribution in [3.8, 4) is 0 Å². The van der Waals surface area contributed by atoms with Crippen LogP contribution in [-0.4, -0.2) is 8.07 Å². The van der Waals surface area contributed by atoms with E-state index in [4.69, 9.17) is 0 Å². The Labute approximate surface area is 119 Å². The minimum atomic E-state index is -1.50. The van der Waals surface area contributed by atoms with E-state index in [0.29, 0.717) is 5.92 Å². The van der Waals surface area contributed by atoms with Gasteiger partial charge in [-0.05, 0) is 17.9 Å². The Bertz CT molecular complexity index is 476. The van der Waals surface area contributed by atoms with Gasteiger partial charge in [0.15, 0.2) is 0 Å². The maximum absolute atomic E-state index is 2.39. The van der Waals surface area contributed by atoms with E-state index < -0.39 is 8.07 Å². The van der Waals surface area contributed by atoms with Gasteiger partial charge in [-0.25, -0.2) is 0 Å². The van der Waals surface area contributed by atoms with Crippen LogP contribution in [0.2, 0.25) is 12.1 Å². The predicted octanol–water partition coefficient (Wildman–Crippen LogP) is 4.83. The van der Waals surface area contributed by atoms with Gasteiger partial charge in [0.25, 0.3) is 0 Å². The molecule has 0 radical (unpaired) electrons. The van der Waals surface area contributed by atoms with Crippen LogP contribution in [0.4, 0.5) is 0 Å². The number of allylic oxidation sites excluding steroid dienone is 4. The van der Waals surface area contributed by atoms with Crippen molar-refractivity contribution in [2.45, 2.75) is 46.2 Å². The molecule has 2 rings (SSSR count). The van der Waals surface area contributed by atoms with Crippen molar-refractivity contribution in [2.24, 2.45) is 5.92 Å². The van der Waals surface area contributed by atoms with Crippen molar-refractivity contribution >= 4 is 13.3 Å². The average molecular weight is 270 g/mol. The standard InChI is InChI=1S/C18H26Si/c1-5-19(6-2,16-11-8-7-9-12-16)18-14-10-13-17(18)15(3)4/h7-13,15H,5-6,14H2,1-4H3. The molecule has 0 saturated carbocycles. The van der Waals surface area contributed by atoms with Crippen LogP contribution in [-0.2, 0) is 0 Å². The Morgan fingerprint density at radius 2 is 1.68 bits per heavy atom. The molecule has 1 aliphatic carbocycles. The summed E-state index contributed by atoms with van der Waals surface area (Å²) >= 11 is 0. The van der Waals surface area contributed by atoms with Gasteiger partial charge in [-0.2, -0.15) is 0 Å². The highest BCUT2D eigenvalue weighted by atomic mass is 28.3. The maximum atomic E-state index is 2.39. The second-order valence-corrected chi connectivity index (χ2v) is 10.6. The Kier molecular flexibility index (Phi) is 4.46. The molecule has 1 aromatic carbocycles. The van der Waals surface area contributed by atoms with Gasteiger partial charge in [-0.3, -0.25) is 0 Å². The zero-order chi connectivity index (χ0) is 13.9. The van der Waals surface area contributed by atoms with E-state index in [9.17, 15) is 0 Å². The first-order chi connectivity index (χ1) is 9.15. The smallest absolute Gasteiger partial charge is 0.0806 e. The zero-order valence-electron chi connectivity index (χ0n) is 12.7. The average Bonchev–Trinajstić information content (AvgIpc) is 2.92. The molecule has 0 spiro atoms. The Morgan fingerprint density at radius 3 is 2.21 bits per heavy atom. The van der Waals surface area contributed by atoms with Crippen LogP contribution in [0.15, 0.2) is 53.3 Å². The maximum Gasteiger partial charge on any atom is 0.113 e. The van der Waals surface area contributed by atoms with Crippen LogP contribution in [0.1, 0.15) is 34.1 Å². The van der Waals surface area contributed by atoms with E-state index in [1.165, 1.54) is 18.5 Å². The highest BCUT2D eigenvalue weighted by Gasteiger charge is 2.37. The molecule has 102 valence electrons. The molecule has 0 amide bonds. The van der Waals surface area contributed by atoms with Crippen LogP contribution in [0.3, 0.4) is 0 Å². The molecule has 0 bridgehead atoms. The van der Waals surface area contributed by atoms with Crippen molar-refractivity contribution in [3.05, 3.63) is 53.3 Å². The molecular weight excluding hydrogens is 244 g/mol. The van der Waals surface area contributed by atoms with Crippen molar-refractivity contribution in [3.63, 3.8) is 0 Å². The summed E-state index contributed by atoms with van der Waals surface area (Å²) in [4.78, 5) is 0. The summed E-state index contributed by atoms with van der Waals surface area (Å²) in [7, 11) is -1.50. The fraction of sp³-hybridized carbons (Fsp3) is 0.444. The quantitative estimate of drug-likeness (QED) is 0.672. The van der Waals surface area contributed by atoms with Gasteiger partial charge in [0, 0.05) is 0 Å². The van der Waals surface area contributed by atoms with E-state index in [1.807, 2.05) is 0 Å². The van der Waals surface area contributed by atoms with Crippen LogP contribution < -0.4 is 5.19 Å². The fourth-order valence-electron chi connectivity index (χ4n) is 3.55. The molecule has 0 heterocycles. The Hall–Kier alpha value is -1.08. The summed E-state index contributed by atoms with van der Waals surface area (Å²) in [5.74, 6) is 0.655. The van der Waals surface area contributed by atoms with Crippen LogP contribution in [0, 0.1) is 5.92 Å². The summed E-state index contributed by atoms with van der Waals surface area (Å²) in [6.45, 7) is 9.46. The van der Waals surface area contributed by atoms with E-state index in [2.05, 4.69) is 70.2 Å². The number of hydrogen-bond acceptors (Lipinski definition) is 0. The molecule has 1 aromatic rings. The van der Waals surface area contributed by atoms with E-state index in [1.54, 1.807) is 16.0 Å². The lowest BCUT2D eigenvalue weighted by Gasteiger charge is -2.34. The van der Waals surface area contributed by atoms with Crippen LogP contribution in [0.25, 0.3) is 0 Å². The highest BCUT2D eigenvalue weighted by Crippen LogP contribution is 2.36. The Morgan fingerprint density at radius 1 is 1.05 bits per heavy atom. The number of benzene rings is 1. The lowest BCUT2D eigenvalue weighted by atomic mass is 10.1. The van der Waals surface area contributed by atoms with Gasteiger partial charge in [0.1, 0.15) is 8.07 Å². The van der Waals surface area contributed by atoms with E-state index in [-0.39, 0.29) is 0 Å². The molecule has 1 aliphatic rings. The molecule has 19 heavy (non-hydrogen) atoms. The van der Waals surface area contributed by atoms with Crippen molar-refractivity contribution in [1.29, 1.82) is 0 Å². The molecule has 0 N–H and O–H groups in total. The second kappa shape index (κ2) is 5.92. The van der Waals surface area contributed by atoms with E-state index >= 15 is 0 Å². The third-order valence-corrected chi connectivity index (χ3v) is 10.2. The van der Waals surface area contributed by atoms with Gasteiger partial charge in [-0.1, -0.05) is 92.7 Å². The van der Waals surface area contributed by atoms with Gasteiger partial charge >= 0.3 is 0 Å². The molecule has 0 aromatic heterocycles. The molecule has 0 fully saturated rings. The summed E-state index contributed by atoms with van der Waals surface area (Å²) in [6, 6.07) is 13.9. The minimum Gasteiger partial charge on any atom is -0.0806 e. The largest absolute Gasteiger partial charge is 0.113 e. The molecule has 0 atom stereocenters. The number of hydrogen-bond donors (Lipinski definition) is 0. The zero-order valence-corrected chi connectivity index (χ0v) is 13.7. The summed E-state index contributed by atoms with van der Waals surface area (Å²) < 4.78 is 0. The molecular formula is C18H26Si.